The van der Waals surface area contributed by atoms with Crippen LogP contribution < -0.4 is 5.32 Å². The van der Waals surface area contributed by atoms with Crippen molar-refractivity contribution < 1.29 is 9.59 Å². The van der Waals surface area contributed by atoms with Gasteiger partial charge < -0.3 is 10.2 Å². The van der Waals surface area contributed by atoms with Gasteiger partial charge in [0.2, 0.25) is 5.91 Å². The molecule has 0 unspecified atom stereocenters. The number of carbonyl (C=O) groups is 2. The first-order chi connectivity index (χ1) is 13.0. The van der Waals surface area contributed by atoms with Crippen molar-refractivity contribution in [2.45, 2.75) is 71.0 Å². The number of rotatable bonds is 6. The summed E-state index contributed by atoms with van der Waals surface area (Å²) in [5, 5.41) is 3.07. The quantitative estimate of drug-likeness (QED) is 0.822. The van der Waals surface area contributed by atoms with Gasteiger partial charge in [-0.2, -0.15) is 0 Å². The van der Waals surface area contributed by atoms with Crippen molar-refractivity contribution in [2.24, 2.45) is 0 Å². The van der Waals surface area contributed by atoms with Crippen molar-refractivity contribution in [1.29, 1.82) is 0 Å². The first kappa shape index (κ1) is 19.7. The summed E-state index contributed by atoms with van der Waals surface area (Å²) in [5.41, 5.74) is 1.11. The minimum Gasteiger partial charge on any atom is -0.347 e. The van der Waals surface area contributed by atoms with Gasteiger partial charge in [-0.25, -0.2) is 4.98 Å². The maximum Gasteiger partial charge on any atom is 0.271 e. The minimum atomic E-state index is -0.213. The van der Waals surface area contributed by atoms with Crippen LogP contribution in [0.3, 0.4) is 0 Å². The number of nitrogens with zero attached hydrogens (tertiary/aromatic N) is 4. The van der Waals surface area contributed by atoms with Gasteiger partial charge >= 0.3 is 0 Å². The van der Waals surface area contributed by atoms with Crippen LogP contribution in [0.5, 0.6) is 0 Å². The van der Waals surface area contributed by atoms with Gasteiger partial charge in [-0.3, -0.25) is 19.5 Å². The molecule has 1 aromatic heterocycles. The van der Waals surface area contributed by atoms with Crippen LogP contribution in [0.1, 0.15) is 62.1 Å². The Bertz CT molecular complexity index is 653. The lowest BCUT2D eigenvalue weighted by Crippen LogP contribution is -2.48. The maximum atomic E-state index is 13.1. The molecule has 1 saturated heterocycles. The molecule has 0 bridgehead atoms. The van der Waals surface area contributed by atoms with E-state index in [0.29, 0.717) is 18.2 Å². The van der Waals surface area contributed by atoms with Gasteiger partial charge in [0.05, 0.1) is 17.9 Å². The molecule has 7 heteroatoms. The fraction of sp³-hybridized carbons (Fsp3) is 0.700. The van der Waals surface area contributed by atoms with E-state index in [1.165, 1.54) is 19.0 Å². The zero-order valence-electron chi connectivity index (χ0n) is 16.6. The molecule has 27 heavy (non-hydrogen) atoms. The van der Waals surface area contributed by atoms with Gasteiger partial charge in [-0.1, -0.05) is 12.8 Å². The van der Waals surface area contributed by atoms with E-state index in [1.54, 1.807) is 6.20 Å². The number of likely N-dealkylation sites (N-methyl/N-ethyl adjacent to an activating group) is 1. The molecule has 1 aliphatic heterocycles. The molecule has 2 heterocycles. The second kappa shape index (κ2) is 8.78. The van der Waals surface area contributed by atoms with Crippen LogP contribution in [0.15, 0.2) is 12.4 Å². The SMILES string of the molecule is CCN(CC)C(=O)[C@@H]1C[C@@H](NC(=O)c2cnc(C)cn2)CN1C1CCCC1. The van der Waals surface area contributed by atoms with Crippen LogP contribution in [0.4, 0.5) is 0 Å². The molecular formula is C20H31N5O2. The summed E-state index contributed by atoms with van der Waals surface area (Å²) in [6.45, 7) is 8.06. The summed E-state index contributed by atoms with van der Waals surface area (Å²) >= 11 is 0. The summed E-state index contributed by atoms with van der Waals surface area (Å²) in [6, 6.07) is 0.281. The Morgan fingerprint density at radius 1 is 1.19 bits per heavy atom. The van der Waals surface area contributed by atoms with Crippen LogP contribution in [0.25, 0.3) is 0 Å². The normalized spacial score (nSPS) is 23.5. The van der Waals surface area contributed by atoms with Crippen molar-refractivity contribution in [1.82, 2.24) is 25.1 Å². The summed E-state index contributed by atoms with van der Waals surface area (Å²) in [6.07, 6.45) is 8.51. The lowest BCUT2D eigenvalue weighted by molar-refractivity contribution is -0.136. The Kier molecular flexibility index (Phi) is 6.42. The standard InChI is InChI=1S/C20H31N5O2/c1-4-24(5-2)20(27)18-10-15(13-25(18)16-8-6-7-9-16)23-19(26)17-12-21-14(3)11-22-17/h11-12,15-16,18H,4-10,13H2,1-3H3,(H,23,26)/t15-,18+/m1/s1. The van der Waals surface area contributed by atoms with Gasteiger partial charge in [0.25, 0.3) is 5.91 Å². The molecule has 0 radical (unpaired) electrons. The second-order valence-electron chi connectivity index (χ2n) is 7.61. The highest BCUT2D eigenvalue weighted by Crippen LogP contribution is 2.31. The zero-order chi connectivity index (χ0) is 19.4. The maximum absolute atomic E-state index is 13.1. The van der Waals surface area contributed by atoms with Crippen molar-refractivity contribution in [2.75, 3.05) is 19.6 Å². The van der Waals surface area contributed by atoms with Crippen molar-refractivity contribution >= 4 is 11.8 Å². The molecule has 0 spiro atoms. The van der Waals surface area contributed by atoms with Crippen LogP contribution in [-0.4, -0.2) is 69.3 Å². The monoisotopic (exact) mass is 373 g/mol. The average molecular weight is 374 g/mol. The van der Waals surface area contributed by atoms with Crippen LogP contribution in [0, 0.1) is 6.92 Å². The van der Waals surface area contributed by atoms with E-state index in [2.05, 4.69) is 20.2 Å². The number of nitrogens with one attached hydrogen (secondary N) is 1. The van der Waals surface area contributed by atoms with Gasteiger partial charge in [0, 0.05) is 37.9 Å². The van der Waals surface area contributed by atoms with E-state index in [1.807, 2.05) is 25.7 Å². The van der Waals surface area contributed by atoms with E-state index >= 15 is 0 Å². The molecule has 2 atom stereocenters. The fourth-order valence-corrected chi connectivity index (χ4v) is 4.36. The molecular weight excluding hydrogens is 342 g/mol. The Balaban J connectivity index is 1.70. The predicted octanol–water partition coefficient (Wildman–Crippen LogP) is 1.77. The Hall–Kier alpha value is -2.02. The van der Waals surface area contributed by atoms with E-state index in [9.17, 15) is 9.59 Å². The van der Waals surface area contributed by atoms with E-state index in [4.69, 9.17) is 0 Å². The van der Waals surface area contributed by atoms with Gasteiger partial charge in [0.1, 0.15) is 5.69 Å². The largest absolute Gasteiger partial charge is 0.347 e. The fourth-order valence-electron chi connectivity index (χ4n) is 4.36. The number of carbonyl (C=O) groups excluding carboxylic acids is 2. The molecule has 3 rings (SSSR count). The number of aromatic nitrogens is 2. The van der Waals surface area contributed by atoms with E-state index in [0.717, 1.165) is 38.2 Å². The third-order valence-corrected chi connectivity index (χ3v) is 5.84. The third-order valence-electron chi connectivity index (χ3n) is 5.84. The van der Waals surface area contributed by atoms with Crippen molar-refractivity contribution in [3.05, 3.63) is 23.8 Å². The molecule has 1 saturated carbocycles. The molecule has 1 N–H and O–H groups in total. The molecule has 0 aromatic carbocycles. The number of amides is 2. The number of hydrogen-bond acceptors (Lipinski definition) is 5. The number of aryl methyl sites for hydroxylation is 1. The topological polar surface area (TPSA) is 78.4 Å². The summed E-state index contributed by atoms with van der Waals surface area (Å²) in [5.74, 6) is -0.0198. The van der Waals surface area contributed by atoms with Crippen molar-refractivity contribution in [3.8, 4) is 0 Å². The van der Waals surface area contributed by atoms with Crippen LogP contribution in [0.2, 0.25) is 0 Å². The lowest BCUT2D eigenvalue weighted by Gasteiger charge is -2.32. The van der Waals surface area contributed by atoms with Crippen molar-refractivity contribution in [3.63, 3.8) is 0 Å². The van der Waals surface area contributed by atoms with Gasteiger partial charge in [-0.15, -0.1) is 0 Å². The van der Waals surface area contributed by atoms with E-state index < -0.39 is 0 Å². The smallest absolute Gasteiger partial charge is 0.271 e. The zero-order valence-corrected chi connectivity index (χ0v) is 16.6. The molecule has 2 aliphatic rings. The van der Waals surface area contributed by atoms with Gasteiger partial charge in [-0.05, 0) is 40.0 Å². The summed E-state index contributed by atoms with van der Waals surface area (Å²) in [4.78, 5) is 38.2. The molecule has 148 valence electrons. The highest BCUT2D eigenvalue weighted by atomic mass is 16.2. The highest BCUT2D eigenvalue weighted by molar-refractivity contribution is 5.92. The van der Waals surface area contributed by atoms with E-state index in [-0.39, 0.29) is 23.9 Å². The second-order valence-corrected chi connectivity index (χ2v) is 7.61. The average Bonchev–Trinajstić information content (AvgIpc) is 3.32. The Morgan fingerprint density at radius 3 is 2.48 bits per heavy atom. The Morgan fingerprint density at radius 2 is 1.89 bits per heavy atom. The molecule has 1 aromatic rings. The highest BCUT2D eigenvalue weighted by Gasteiger charge is 2.42. The van der Waals surface area contributed by atoms with Crippen LogP contribution >= 0.6 is 0 Å². The Labute approximate surface area is 161 Å². The molecule has 2 amide bonds. The first-order valence-electron chi connectivity index (χ1n) is 10.2. The minimum absolute atomic E-state index is 0.0364. The first-order valence-corrected chi connectivity index (χ1v) is 10.2. The molecule has 1 aliphatic carbocycles. The third kappa shape index (κ3) is 4.46. The number of likely N-dealkylation sites (tertiary alicyclic amines) is 1. The summed E-state index contributed by atoms with van der Waals surface area (Å²) < 4.78 is 0. The van der Waals surface area contributed by atoms with Gasteiger partial charge in [0.15, 0.2) is 0 Å². The summed E-state index contributed by atoms with van der Waals surface area (Å²) in [7, 11) is 0. The lowest BCUT2D eigenvalue weighted by atomic mass is 10.1. The predicted molar refractivity (Wildman–Crippen MR) is 103 cm³/mol. The molecule has 2 fully saturated rings. The van der Waals surface area contributed by atoms with Crippen LogP contribution in [-0.2, 0) is 4.79 Å². The number of hydrogen-bond donors (Lipinski definition) is 1. The molecule has 7 nitrogen and oxygen atoms in total.